The van der Waals surface area contributed by atoms with Gasteiger partial charge in [0.05, 0.1) is 0 Å². The molecule has 1 saturated carbocycles. The van der Waals surface area contributed by atoms with Crippen molar-refractivity contribution in [3.63, 3.8) is 0 Å². The Morgan fingerprint density at radius 1 is 1.13 bits per heavy atom. The number of hydrogen-bond donors (Lipinski definition) is 2. The van der Waals surface area contributed by atoms with Crippen LogP contribution in [0.5, 0.6) is 0 Å². The molecular formula is C24H29N3O3. The first-order chi connectivity index (χ1) is 14.3. The number of benzene rings is 2. The third kappa shape index (κ3) is 3.44. The van der Waals surface area contributed by atoms with Crippen LogP contribution >= 0.6 is 0 Å². The molecule has 2 aromatic carbocycles. The predicted molar refractivity (Wildman–Crippen MR) is 116 cm³/mol. The zero-order valence-electron chi connectivity index (χ0n) is 17.8. The van der Waals surface area contributed by atoms with E-state index >= 15 is 0 Å². The van der Waals surface area contributed by atoms with Gasteiger partial charge in [0.25, 0.3) is 5.91 Å². The normalized spacial score (nSPS) is 29.2. The molecule has 30 heavy (non-hydrogen) atoms. The molecule has 2 fully saturated rings. The van der Waals surface area contributed by atoms with Crippen LogP contribution in [0.25, 0.3) is 10.8 Å². The van der Waals surface area contributed by atoms with Gasteiger partial charge in [0.2, 0.25) is 5.91 Å². The van der Waals surface area contributed by atoms with Gasteiger partial charge in [-0.15, -0.1) is 0 Å². The molecule has 1 aliphatic carbocycles. The van der Waals surface area contributed by atoms with Crippen molar-refractivity contribution in [1.82, 2.24) is 15.5 Å². The zero-order valence-corrected chi connectivity index (χ0v) is 17.8. The number of carbonyl (C=O) groups is 3. The van der Waals surface area contributed by atoms with Gasteiger partial charge in [-0.25, -0.2) is 4.79 Å². The number of urea groups is 1. The number of nitrogens with zero attached hydrogens (tertiary/aromatic N) is 1. The molecule has 2 aliphatic rings. The Morgan fingerprint density at radius 3 is 2.67 bits per heavy atom. The van der Waals surface area contributed by atoms with E-state index in [0.717, 1.165) is 34.1 Å². The molecule has 0 aromatic heterocycles. The summed E-state index contributed by atoms with van der Waals surface area (Å²) in [4.78, 5) is 39.7. The van der Waals surface area contributed by atoms with Gasteiger partial charge in [-0.05, 0) is 41.5 Å². The van der Waals surface area contributed by atoms with Crippen LogP contribution in [-0.4, -0.2) is 35.3 Å². The Balaban J connectivity index is 1.53. The fourth-order valence-corrected chi connectivity index (χ4v) is 4.87. The van der Waals surface area contributed by atoms with Gasteiger partial charge in [-0.3, -0.25) is 14.5 Å². The fraction of sp³-hybridized carbons (Fsp3) is 0.458. The van der Waals surface area contributed by atoms with Crippen LogP contribution in [-0.2, 0) is 15.1 Å². The molecule has 4 rings (SSSR count). The summed E-state index contributed by atoms with van der Waals surface area (Å²) in [5.74, 6) is 0.248. The van der Waals surface area contributed by atoms with Crippen LogP contribution in [0.1, 0.15) is 45.6 Å². The lowest BCUT2D eigenvalue weighted by Crippen LogP contribution is -2.49. The quantitative estimate of drug-likeness (QED) is 0.761. The lowest BCUT2D eigenvalue weighted by atomic mass is 9.78. The van der Waals surface area contributed by atoms with E-state index in [1.807, 2.05) is 42.5 Å². The van der Waals surface area contributed by atoms with Crippen molar-refractivity contribution in [2.24, 2.45) is 11.8 Å². The van der Waals surface area contributed by atoms with Crippen LogP contribution in [0.4, 0.5) is 4.79 Å². The summed E-state index contributed by atoms with van der Waals surface area (Å²) in [6.45, 7) is 5.80. The lowest BCUT2D eigenvalue weighted by molar-refractivity contribution is -0.135. The molecule has 0 bridgehead atoms. The monoisotopic (exact) mass is 407 g/mol. The average molecular weight is 408 g/mol. The molecule has 2 aromatic rings. The van der Waals surface area contributed by atoms with Crippen molar-refractivity contribution in [2.75, 3.05) is 6.54 Å². The Morgan fingerprint density at radius 2 is 1.87 bits per heavy atom. The van der Waals surface area contributed by atoms with Gasteiger partial charge in [-0.1, -0.05) is 69.2 Å². The Labute approximate surface area is 177 Å². The van der Waals surface area contributed by atoms with E-state index in [1.54, 1.807) is 6.92 Å². The largest absolute Gasteiger partial charge is 0.352 e. The number of imide groups is 1. The van der Waals surface area contributed by atoms with Crippen molar-refractivity contribution in [2.45, 2.75) is 51.6 Å². The Hall–Kier alpha value is -2.89. The van der Waals surface area contributed by atoms with E-state index < -0.39 is 17.5 Å². The third-order valence-electron chi connectivity index (χ3n) is 6.96. The van der Waals surface area contributed by atoms with Crippen molar-refractivity contribution < 1.29 is 14.4 Å². The molecule has 158 valence electrons. The summed E-state index contributed by atoms with van der Waals surface area (Å²) in [6.07, 6.45) is 3.19. The summed E-state index contributed by atoms with van der Waals surface area (Å²) in [5.41, 5.74) is -0.471. The molecular weight excluding hydrogens is 378 g/mol. The van der Waals surface area contributed by atoms with Crippen LogP contribution in [0, 0.1) is 11.8 Å². The van der Waals surface area contributed by atoms with Gasteiger partial charge in [-0.2, -0.15) is 0 Å². The van der Waals surface area contributed by atoms with E-state index in [-0.39, 0.29) is 18.5 Å². The van der Waals surface area contributed by atoms with Gasteiger partial charge in [0.1, 0.15) is 12.1 Å². The zero-order chi connectivity index (χ0) is 21.5. The lowest BCUT2D eigenvalue weighted by Gasteiger charge is -2.34. The van der Waals surface area contributed by atoms with E-state index in [1.165, 1.54) is 6.42 Å². The smallest absolute Gasteiger partial charge is 0.325 e. The van der Waals surface area contributed by atoms with E-state index in [9.17, 15) is 14.4 Å². The van der Waals surface area contributed by atoms with Crippen LogP contribution < -0.4 is 10.6 Å². The molecule has 4 atom stereocenters. The van der Waals surface area contributed by atoms with E-state index in [2.05, 4.69) is 24.5 Å². The van der Waals surface area contributed by atoms with Crippen molar-refractivity contribution >= 4 is 28.6 Å². The molecule has 1 heterocycles. The summed E-state index contributed by atoms with van der Waals surface area (Å²) >= 11 is 0. The van der Waals surface area contributed by atoms with Crippen molar-refractivity contribution in [3.05, 3.63) is 48.0 Å². The van der Waals surface area contributed by atoms with E-state index in [4.69, 9.17) is 0 Å². The second-order valence-corrected chi connectivity index (χ2v) is 8.91. The number of hydrogen-bond acceptors (Lipinski definition) is 3. The standard InChI is InChI=1S/C24H29N3O3/c1-15-8-6-13-20(16(15)2)25-21(28)14-27-22(29)24(3,26-23(27)30)19-12-7-10-17-9-4-5-11-18(17)19/h4-5,7,9-12,15-16,20H,6,8,13-14H2,1-3H3,(H,25,28)(H,26,30)/t15-,16-,20-,24-/m1/s1. The average Bonchev–Trinajstić information content (AvgIpc) is 2.95. The minimum atomic E-state index is -1.20. The molecule has 6 nitrogen and oxygen atoms in total. The molecule has 4 amide bonds. The first-order valence-electron chi connectivity index (χ1n) is 10.7. The van der Waals surface area contributed by atoms with Crippen molar-refractivity contribution in [1.29, 1.82) is 0 Å². The first-order valence-corrected chi connectivity index (χ1v) is 10.7. The number of carbonyl (C=O) groups excluding carboxylic acids is 3. The van der Waals surface area contributed by atoms with Gasteiger partial charge >= 0.3 is 6.03 Å². The van der Waals surface area contributed by atoms with Gasteiger partial charge < -0.3 is 10.6 Å². The molecule has 0 unspecified atom stereocenters. The Bertz CT molecular complexity index is 999. The van der Waals surface area contributed by atoms with E-state index in [0.29, 0.717) is 11.8 Å². The highest BCUT2D eigenvalue weighted by atomic mass is 16.2. The molecule has 6 heteroatoms. The highest BCUT2D eigenvalue weighted by molar-refractivity contribution is 6.10. The Kier molecular flexibility index (Phi) is 5.26. The maximum Gasteiger partial charge on any atom is 0.325 e. The maximum absolute atomic E-state index is 13.3. The summed E-state index contributed by atoms with van der Waals surface area (Å²) in [6, 6.07) is 13.0. The van der Waals surface area contributed by atoms with Gasteiger partial charge in [0, 0.05) is 6.04 Å². The molecule has 0 spiro atoms. The summed E-state index contributed by atoms with van der Waals surface area (Å²) < 4.78 is 0. The second-order valence-electron chi connectivity index (χ2n) is 8.91. The number of amides is 4. The van der Waals surface area contributed by atoms with Crippen molar-refractivity contribution in [3.8, 4) is 0 Å². The summed E-state index contributed by atoms with van der Waals surface area (Å²) in [7, 11) is 0. The molecule has 0 radical (unpaired) electrons. The minimum absolute atomic E-state index is 0.0893. The highest BCUT2D eigenvalue weighted by Crippen LogP contribution is 2.34. The third-order valence-corrected chi connectivity index (χ3v) is 6.96. The second kappa shape index (κ2) is 7.74. The molecule has 2 N–H and O–H groups in total. The van der Waals surface area contributed by atoms with Crippen LogP contribution in [0.3, 0.4) is 0 Å². The first kappa shape index (κ1) is 20.4. The maximum atomic E-state index is 13.3. The predicted octanol–water partition coefficient (Wildman–Crippen LogP) is 3.55. The molecule has 1 aliphatic heterocycles. The van der Waals surface area contributed by atoms with Gasteiger partial charge in [0.15, 0.2) is 0 Å². The van der Waals surface area contributed by atoms with Crippen LogP contribution in [0.15, 0.2) is 42.5 Å². The number of nitrogens with one attached hydrogen (secondary N) is 2. The topological polar surface area (TPSA) is 78.5 Å². The number of fused-ring (bicyclic) bond motifs is 1. The minimum Gasteiger partial charge on any atom is -0.352 e. The number of rotatable bonds is 4. The highest BCUT2D eigenvalue weighted by Gasteiger charge is 2.50. The van der Waals surface area contributed by atoms with Crippen LogP contribution in [0.2, 0.25) is 0 Å². The summed E-state index contributed by atoms with van der Waals surface area (Å²) in [5, 5.41) is 7.78. The molecule has 1 saturated heterocycles. The fourth-order valence-electron chi connectivity index (χ4n) is 4.87. The SMILES string of the molecule is C[C@@H]1[C@H](C)CCC[C@H]1NC(=O)CN1C(=O)N[C@](C)(c2cccc3ccccc23)C1=O.